The maximum Gasteiger partial charge on any atom is 0.310 e. The Morgan fingerprint density at radius 2 is 1.94 bits per heavy atom. The van der Waals surface area contributed by atoms with Crippen molar-refractivity contribution in [2.45, 2.75) is 26.7 Å². The first-order chi connectivity index (χ1) is 8.17. The van der Waals surface area contributed by atoms with Crippen molar-refractivity contribution in [3.63, 3.8) is 0 Å². The first kappa shape index (κ1) is 14.0. The van der Waals surface area contributed by atoms with E-state index in [9.17, 15) is 9.59 Å². The van der Waals surface area contributed by atoms with Crippen molar-refractivity contribution in [3.05, 3.63) is 0 Å². The Morgan fingerprint density at radius 3 is 2.59 bits per heavy atom. The van der Waals surface area contributed by atoms with Crippen LogP contribution in [-0.2, 0) is 19.1 Å². The van der Waals surface area contributed by atoms with Crippen molar-refractivity contribution in [1.82, 2.24) is 4.90 Å². The van der Waals surface area contributed by atoms with Crippen LogP contribution in [0.5, 0.6) is 0 Å². The normalized spacial score (nSPS) is 20.2. The van der Waals surface area contributed by atoms with Gasteiger partial charge in [0.2, 0.25) is 0 Å². The lowest BCUT2D eigenvalue weighted by Crippen LogP contribution is -2.27. The number of rotatable bonds is 6. The molecule has 1 aliphatic rings. The molecule has 0 aliphatic carbocycles. The van der Waals surface area contributed by atoms with Crippen LogP contribution >= 0.6 is 0 Å². The van der Waals surface area contributed by atoms with Crippen molar-refractivity contribution >= 4 is 11.9 Å². The second kappa shape index (κ2) is 7.27. The molecule has 0 saturated carbocycles. The minimum absolute atomic E-state index is 0.0304. The second-order valence-corrected chi connectivity index (χ2v) is 4.09. The molecule has 0 bridgehead atoms. The summed E-state index contributed by atoms with van der Waals surface area (Å²) in [5.41, 5.74) is 0. The number of ether oxygens (including phenoxy) is 2. The van der Waals surface area contributed by atoms with Crippen LogP contribution in [0.4, 0.5) is 0 Å². The number of nitrogens with zero attached hydrogens (tertiary/aromatic N) is 1. The molecule has 0 spiro atoms. The van der Waals surface area contributed by atoms with Gasteiger partial charge in [-0.25, -0.2) is 0 Å². The fraction of sp³-hybridized carbons (Fsp3) is 0.833. The second-order valence-electron chi connectivity index (χ2n) is 4.09. The molecule has 1 saturated heterocycles. The van der Waals surface area contributed by atoms with E-state index in [1.54, 1.807) is 6.92 Å². The van der Waals surface area contributed by atoms with E-state index >= 15 is 0 Å². The molecule has 1 heterocycles. The highest BCUT2D eigenvalue weighted by Gasteiger charge is 2.29. The molecule has 0 aromatic rings. The molecule has 1 atom stereocenters. The molecule has 0 radical (unpaired) electrons. The van der Waals surface area contributed by atoms with Crippen LogP contribution in [0, 0.1) is 5.92 Å². The first-order valence-electron chi connectivity index (χ1n) is 6.22. The molecule has 0 aromatic heterocycles. The van der Waals surface area contributed by atoms with Gasteiger partial charge in [-0.2, -0.15) is 0 Å². The average molecular weight is 243 g/mol. The Bertz CT molecular complexity index is 267. The summed E-state index contributed by atoms with van der Waals surface area (Å²) in [7, 11) is 0. The van der Waals surface area contributed by atoms with Gasteiger partial charge in [-0.15, -0.1) is 0 Å². The van der Waals surface area contributed by atoms with Crippen molar-refractivity contribution in [2.24, 2.45) is 5.92 Å². The highest BCUT2D eigenvalue weighted by Crippen LogP contribution is 2.17. The van der Waals surface area contributed by atoms with Crippen LogP contribution < -0.4 is 0 Å². The van der Waals surface area contributed by atoms with Crippen LogP contribution in [0.1, 0.15) is 26.7 Å². The Hall–Kier alpha value is -1.10. The maximum absolute atomic E-state index is 11.5. The molecular weight excluding hydrogens is 222 g/mol. The average Bonchev–Trinajstić information content (AvgIpc) is 2.76. The molecule has 17 heavy (non-hydrogen) atoms. The third-order valence-electron chi connectivity index (χ3n) is 2.83. The highest BCUT2D eigenvalue weighted by atomic mass is 16.5. The summed E-state index contributed by atoms with van der Waals surface area (Å²) in [5.74, 6) is -0.324. The van der Waals surface area contributed by atoms with Gasteiger partial charge in [-0.3, -0.25) is 9.59 Å². The lowest BCUT2D eigenvalue weighted by atomic mass is 10.1. The summed E-state index contributed by atoms with van der Waals surface area (Å²) in [4.78, 5) is 24.8. The summed E-state index contributed by atoms with van der Waals surface area (Å²) in [6.07, 6.45) is 1.21. The van der Waals surface area contributed by atoms with Crippen LogP contribution in [0.3, 0.4) is 0 Å². The minimum Gasteiger partial charge on any atom is -0.466 e. The Morgan fingerprint density at radius 1 is 1.24 bits per heavy atom. The van der Waals surface area contributed by atoms with E-state index in [-0.39, 0.29) is 17.9 Å². The summed E-state index contributed by atoms with van der Waals surface area (Å²) in [6, 6.07) is 0. The van der Waals surface area contributed by atoms with Crippen molar-refractivity contribution in [1.29, 1.82) is 0 Å². The molecule has 5 heteroatoms. The topological polar surface area (TPSA) is 55.8 Å². The molecular formula is C12H21NO4. The molecule has 1 rings (SSSR count). The van der Waals surface area contributed by atoms with E-state index in [4.69, 9.17) is 9.47 Å². The zero-order valence-corrected chi connectivity index (χ0v) is 10.6. The van der Waals surface area contributed by atoms with Gasteiger partial charge in [0, 0.05) is 13.1 Å². The quantitative estimate of drug-likeness (QED) is 0.647. The highest BCUT2D eigenvalue weighted by molar-refractivity contribution is 5.73. The predicted octanol–water partition coefficient (Wildman–Crippen LogP) is 0.825. The lowest BCUT2D eigenvalue weighted by Gasteiger charge is -2.14. The van der Waals surface area contributed by atoms with E-state index in [2.05, 4.69) is 4.90 Å². The molecule has 0 amide bonds. The van der Waals surface area contributed by atoms with Gasteiger partial charge in [0.15, 0.2) is 0 Å². The molecule has 1 aliphatic heterocycles. The van der Waals surface area contributed by atoms with Crippen molar-refractivity contribution < 1.29 is 19.1 Å². The third-order valence-corrected chi connectivity index (χ3v) is 2.83. The first-order valence-corrected chi connectivity index (χ1v) is 6.22. The van der Waals surface area contributed by atoms with E-state index < -0.39 is 0 Å². The Kier molecular flexibility index (Phi) is 5.97. The smallest absolute Gasteiger partial charge is 0.310 e. The Labute approximate surface area is 102 Å². The van der Waals surface area contributed by atoms with Gasteiger partial charge >= 0.3 is 11.9 Å². The number of carbonyl (C=O) groups is 2. The number of likely N-dealkylation sites (tertiary alicyclic amines) is 1. The molecule has 0 N–H and O–H groups in total. The fourth-order valence-electron chi connectivity index (χ4n) is 1.97. The molecule has 98 valence electrons. The molecule has 1 unspecified atom stereocenters. The minimum atomic E-state index is -0.174. The van der Waals surface area contributed by atoms with E-state index in [0.717, 1.165) is 13.0 Å². The van der Waals surface area contributed by atoms with E-state index in [0.29, 0.717) is 32.7 Å². The number of hydrogen-bond acceptors (Lipinski definition) is 5. The molecule has 5 nitrogen and oxygen atoms in total. The number of esters is 2. The Balaban J connectivity index is 2.21. The predicted molar refractivity (Wildman–Crippen MR) is 62.4 cm³/mol. The fourth-order valence-corrected chi connectivity index (χ4v) is 1.97. The third kappa shape index (κ3) is 4.73. The maximum atomic E-state index is 11.5. The van der Waals surface area contributed by atoms with Gasteiger partial charge in [-0.1, -0.05) is 0 Å². The molecule has 0 aromatic carbocycles. The van der Waals surface area contributed by atoms with Crippen LogP contribution in [0.15, 0.2) is 0 Å². The number of hydrogen-bond donors (Lipinski definition) is 0. The van der Waals surface area contributed by atoms with Crippen LogP contribution in [0.2, 0.25) is 0 Å². The van der Waals surface area contributed by atoms with Crippen LogP contribution in [0.25, 0.3) is 0 Å². The summed E-state index contributed by atoms with van der Waals surface area (Å²) in [6.45, 7) is 6.66. The van der Waals surface area contributed by atoms with Gasteiger partial charge in [0.25, 0.3) is 0 Å². The van der Waals surface area contributed by atoms with Crippen LogP contribution in [-0.4, -0.2) is 49.7 Å². The molecule has 1 fully saturated rings. The lowest BCUT2D eigenvalue weighted by molar-refractivity contribution is -0.147. The SMILES string of the molecule is CCOC(=O)CCN1CCC(C(=O)OCC)C1. The summed E-state index contributed by atoms with van der Waals surface area (Å²) < 4.78 is 9.84. The zero-order chi connectivity index (χ0) is 12.7. The van der Waals surface area contributed by atoms with Gasteiger partial charge < -0.3 is 14.4 Å². The summed E-state index contributed by atoms with van der Waals surface area (Å²) >= 11 is 0. The van der Waals surface area contributed by atoms with Gasteiger partial charge in [0.05, 0.1) is 25.6 Å². The standard InChI is InChI=1S/C12H21NO4/c1-3-16-11(14)6-8-13-7-5-10(9-13)12(15)17-4-2/h10H,3-9H2,1-2H3. The van der Waals surface area contributed by atoms with Gasteiger partial charge in [0.1, 0.15) is 0 Å². The monoisotopic (exact) mass is 243 g/mol. The van der Waals surface area contributed by atoms with E-state index in [1.807, 2.05) is 6.92 Å². The largest absolute Gasteiger partial charge is 0.466 e. The van der Waals surface area contributed by atoms with Crippen molar-refractivity contribution in [3.8, 4) is 0 Å². The van der Waals surface area contributed by atoms with E-state index in [1.165, 1.54) is 0 Å². The summed E-state index contributed by atoms with van der Waals surface area (Å²) in [5, 5.41) is 0. The van der Waals surface area contributed by atoms with Crippen molar-refractivity contribution in [2.75, 3.05) is 32.8 Å². The zero-order valence-electron chi connectivity index (χ0n) is 10.6. The number of carbonyl (C=O) groups excluding carboxylic acids is 2. The van der Waals surface area contributed by atoms with Gasteiger partial charge in [-0.05, 0) is 26.8 Å².